The molecule has 2 aromatic rings. The van der Waals surface area contributed by atoms with Crippen LogP contribution in [0, 0.1) is 5.82 Å². The van der Waals surface area contributed by atoms with E-state index < -0.39 is 5.79 Å². The van der Waals surface area contributed by atoms with Gasteiger partial charge in [-0.3, -0.25) is 4.98 Å². The Morgan fingerprint density at radius 2 is 1.58 bits per heavy atom. The number of hydrogen-bond acceptors (Lipinski definition) is 3. The minimum Gasteiger partial charge on any atom is -0.349 e. The Hall–Kier alpha value is -1.78. The topological polar surface area (TPSA) is 31.4 Å². The number of methoxy groups -OCH3 is 2. The maximum atomic E-state index is 12.9. The van der Waals surface area contributed by atoms with Crippen molar-refractivity contribution in [1.29, 1.82) is 0 Å². The number of benzene rings is 1. The van der Waals surface area contributed by atoms with Gasteiger partial charge in [-0.25, -0.2) is 4.39 Å². The monoisotopic (exact) mass is 261 g/mol. The van der Waals surface area contributed by atoms with Crippen molar-refractivity contribution in [2.45, 2.75) is 12.2 Å². The number of hydrogen-bond donors (Lipinski definition) is 0. The number of halogens is 1. The first-order valence-corrected chi connectivity index (χ1v) is 5.95. The largest absolute Gasteiger partial charge is 0.349 e. The van der Waals surface area contributed by atoms with Crippen LogP contribution < -0.4 is 0 Å². The summed E-state index contributed by atoms with van der Waals surface area (Å²) in [5.74, 6) is -1.14. The van der Waals surface area contributed by atoms with Gasteiger partial charge in [-0.2, -0.15) is 0 Å². The molecule has 0 aliphatic carbocycles. The predicted molar refractivity (Wildman–Crippen MR) is 70.0 cm³/mol. The molecule has 0 aliphatic rings. The van der Waals surface area contributed by atoms with Gasteiger partial charge in [0.2, 0.25) is 0 Å². The molecular weight excluding hydrogens is 245 g/mol. The lowest BCUT2D eigenvalue weighted by Crippen LogP contribution is -2.33. The molecule has 0 unspecified atom stereocenters. The molecule has 3 nitrogen and oxygen atoms in total. The summed E-state index contributed by atoms with van der Waals surface area (Å²) in [5, 5.41) is 0. The van der Waals surface area contributed by atoms with E-state index in [2.05, 4.69) is 4.98 Å². The van der Waals surface area contributed by atoms with Crippen LogP contribution in [-0.4, -0.2) is 19.2 Å². The molecule has 1 heterocycles. The zero-order chi connectivity index (χ0) is 13.7. The van der Waals surface area contributed by atoms with E-state index in [-0.39, 0.29) is 5.82 Å². The van der Waals surface area contributed by atoms with Crippen molar-refractivity contribution in [3.8, 4) is 0 Å². The summed E-state index contributed by atoms with van der Waals surface area (Å²) >= 11 is 0. The summed E-state index contributed by atoms with van der Waals surface area (Å²) in [5.41, 5.74) is 1.80. The quantitative estimate of drug-likeness (QED) is 0.775. The van der Waals surface area contributed by atoms with Gasteiger partial charge < -0.3 is 9.47 Å². The molecule has 0 saturated heterocycles. The van der Waals surface area contributed by atoms with Crippen LogP contribution in [0.4, 0.5) is 4.39 Å². The van der Waals surface area contributed by atoms with Crippen LogP contribution in [0.2, 0.25) is 0 Å². The smallest absolute Gasteiger partial charge is 0.198 e. The van der Waals surface area contributed by atoms with E-state index in [1.165, 1.54) is 12.1 Å². The standard InChI is InChI=1S/C15H16FNO2/c1-18-15(19-2,13-7-9-17-10-8-13)11-12-3-5-14(16)6-4-12/h3-10H,11H2,1-2H3. The highest BCUT2D eigenvalue weighted by Crippen LogP contribution is 2.29. The lowest BCUT2D eigenvalue weighted by atomic mass is 9.98. The molecule has 0 amide bonds. The second kappa shape index (κ2) is 5.91. The average Bonchev–Trinajstić information content (AvgIpc) is 2.48. The zero-order valence-electron chi connectivity index (χ0n) is 11.0. The summed E-state index contributed by atoms with van der Waals surface area (Å²) < 4.78 is 24.1. The first-order chi connectivity index (χ1) is 9.20. The highest BCUT2D eigenvalue weighted by Gasteiger charge is 2.32. The highest BCUT2D eigenvalue weighted by molar-refractivity contribution is 5.24. The van der Waals surface area contributed by atoms with Crippen molar-refractivity contribution in [3.63, 3.8) is 0 Å². The van der Waals surface area contributed by atoms with Crippen LogP contribution in [-0.2, 0) is 21.7 Å². The number of nitrogens with zero attached hydrogens (tertiary/aromatic N) is 1. The van der Waals surface area contributed by atoms with E-state index in [1.54, 1.807) is 38.7 Å². The van der Waals surface area contributed by atoms with Crippen molar-refractivity contribution < 1.29 is 13.9 Å². The molecule has 2 rings (SSSR count). The van der Waals surface area contributed by atoms with Crippen molar-refractivity contribution in [3.05, 3.63) is 65.7 Å². The Bertz CT molecular complexity index is 509. The average molecular weight is 261 g/mol. The summed E-state index contributed by atoms with van der Waals surface area (Å²) in [6.07, 6.45) is 3.86. The van der Waals surface area contributed by atoms with Crippen LogP contribution in [0.3, 0.4) is 0 Å². The molecule has 0 bridgehead atoms. The van der Waals surface area contributed by atoms with Crippen LogP contribution in [0.15, 0.2) is 48.8 Å². The van der Waals surface area contributed by atoms with Gasteiger partial charge in [0.05, 0.1) is 0 Å². The highest BCUT2D eigenvalue weighted by atomic mass is 19.1. The van der Waals surface area contributed by atoms with Crippen molar-refractivity contribution in [1.82, 2.24) is 4.98 Å². The maximum Gasteiger partial charge on any atom is 0.198 e. The second-order valence-electron chi connectivity index (χ2n) is 4.20. The second-order valence-corrected chi connectivity index (χ2v) is 4.20. The zero-order valence-corrected chi connectivity index (χ0v) is 11.0. The number of pyridine rings is 1. The molecule has 0 fully saturated rings. The SMILES string of the molecule is COC(Cc1ccc(F)cc1)(OC)c1ccncc1. The first kappa shape index (κ1) is 13.6. The first-order valence-electron chi connectivity index (χ1n) is 5.95. The Labute approximate surface area is 112 Å². The van der Waals surface area contributed by atoms with Crippen molar-refractivity contribution in [2.75, 3.05) is 14.2 Å². The minimum absolute atomic E-state index is 0.256. The third-order valence-corrected chi connectivity index (χ3v) is 3.13. The fourth-order valence-corrected chi connectivity index (χ4v) is 2.04. The van der Waals surface area contributed by atoms with Gasteiger partial charge in [0.15, 0.2) is 5.79 Å². The summed E-state index contributed by atoms with van der Waals surface area (Å²) in [6, 6.07) is 10.00. The van der Waals surface area contributed by atoms with Gasteiger partial charge >= 0.3 is 0 Å². The minimum atomic E-state index is -0.888. The van der Waals surface area contributed by atoms with E-state index in [1.807, 2.05) is 12.1 Å². The van der Waals surface area contributed by atoms with Crippen molar-refractivity contribution in [2.24, 2.45) is 0 Å². The maximum absolute atomic E-state index is 12.9. The van der Waals surface area contributed by atoms with Crippen LogP contribution in [0.25, 0.3) is 0 Å². The Kier molecular flexibility index (Phi) is 4.24. The molecule has 19 heavy (non-hydrogen) atoms. The van der Waals surface area contributed by atoms with E-state index in [0.717, 1.165) is 11.1 Å². The fraction of sp³-hybridized carbons (Fsp3) is 0.267. The molecule has 1 aromatic heterocycles. The lowest BCUT2D eigenvalue weighted by molar-refractivity contribution is -0.215. The molecule has 0 N–H and O–H groups in total. The van der Waals surface area contributed by atoms with Gasteiger partial charge in [0, 0.05) is 38.6 Å². The molecule has 4 heteroatoms. The van der Waals surface area contributed by atoms with E-state index in [4.69, 9.17) is 9.47 Å². The predicted octanol–water partition coefficient (Wildman–Crippen LogP) is 2.91. The lowest BCUT2D eigenvalue weighted by Gasteiger charge is -2.31. The van der Waals surface area contributed by atoms with Crippen LogP contribution in [0.1, 0.15) is 11.1 Å². The Balaban J connectivity index is 2.32. The molecule has 1 aromatic carbocycles. The Morgan fingerprint density at radius 3 is 2.11 bits per heavy atom. The van der Waals surface area contributed by atoms with E-state index in [0.29, 0.717) is 6.42 Å². The van der Waals surface area contributed by atoms with Gasteiger partial charge in [-0.15, -0.1) is 0 Å². The third kappa shape index (κ3) is 2.97. The Morgan fingerprint density at radius 1 is 1.00 bits per heavy atom. The molecular formula is C15H16FNO2. The number of aromatic nitrogens is 1. The van der Waals surface area contributed by atoms with E-state index >= 15 is 0 Å². The normalized spacial score (nSPS) is 11.5. The van der Waals surface area contributed by atoms with Gasteiger partial charge in [0.25, 0.3) is 0 Å². The number of ether oxygens (including phenoxy) is 2. The molecule has 0 atom stereocenters. The van der Waals surface area contributed by atoms with Gasteiger partial charge in [-0.05, 0) is 29.8 Å². The van der Waals surface area contributed by atoms with Crippen molar-refractivity contribution >= 4 is 0 Å². The van der Waals surface area contributed by atoms with E-state index in [9.17, 15) is 4.39 Å². The molecule has 0 spiro atoms. The van der Waals surface area contributed by atoms with Gasteiger partial charge in [0.1, 0.15) is 5.82 Å². The fourth-order valence-electron chi connectivity index (χ4n) is 2.04. The third-order valence-electron chi connectivity index (χ3n) is 3.13. The van der Waals surface area contributed by atoms with Crippen LogP contribution in [0.5, 0.6) is 0 Å². The number of rotatable bonds is 5. The molecule has 100 valence electrons. The molecule has 0 radical (unpaired) electrons. The van der Waals surface area contributed by atoms with Gasteiger partial charge in [-0.1, -0.05) is 12.1 Å². The summed E-state index contributed by atoms with van der Waals surface area (Å²) in [7, 11) is 3.18. The summed E-state index contributed by atoms with van der Waals surface area (Å²) in [6.45, 7) is 0. The van der Waals surface area contributed by atoms with Crippen LogP contribution >= 0.6 is 0 Å². The molecule has 0 aliphatic heterocycles. The molecule has 0 saturated carbocycles. The summed E-state index contributed by atoms with van der Waals surface area (Å²) in [4.78, 5) is 3.99.